The number of hydrogen-bond donors (Lipinski definition) is 0. The van der Waals surface area contributed by atoms with Gasteiger partial charge >= 0.3 is 0 Å². The van der Waals surface area contributed by atoms with Crippen molar-refractivity contribution in [2.45, 2.75) is 67.5 Å². The van der Waals surface area contributed by atoms with E-state index in [-0.39, 0.29) is 10.8 Å². The van der Waals surface area contributed by atoms with E-state index < -0.39 is 17.1 Å². The van der Waals surface area contributed by atoms with Crippen LogP contribution in [0.15, 0.2) is 0 Å². The molecule has 0 radical (unpaired) electrons. The van der Waals surface area contributed by atoms with Gasteiger partial charge in [-0.2, -0.15) is 8.15 Å². The van der Waals surface area contributed by atoms with E-state index in [1.807, 2.05) is 0 Å². The van der Waals surface area contributed by atoms with Crippen molar-refractivity contribution in [3.05, 3.63) is 0 Å². The maximum atomic E-state index is 6.04. The minimum Gasteiger partial charge on any atom is -0.321 e. The molecular formula is C16H34N2O4P2S2. The lowest BCUT2D eigenvalue weighted by molar-refractivity contribution is 0.0504. The summed E-state index contributed by atoms with van der Waals surface area (Å²) in [7, 11) is 1.27. The van der Waals surface area contributed by atoms with Crippen LogP contribution in [0.1, 0.15) is 55.4 Å². The molecule has 2 aliphatic rings. The second-order valence-electron chi connectivity index (χ2n) is 8.84. The summed E-state index contributed by atoms with van der Waals surface area (Å²) in [6, 6.07) is 0.627. The summed E-state index contributed by atoms with van der Waals surface area (Å²) < 4.78 is 28.6. The Bertz CT molecular complexity index is 398. The smallest absolute Gasteiger partial charge is 0.270 e. The molecule has 0 atom stereocenters. The van der Waals surface area contributed by atoms with Gasteiger partial charge in [0.1, 0.15) is 0 Å². The summed E-state index contributed by atoms with van der Waals surface area (Å²) in [6.45, 7) is 20.3. The van der Waals surface area contributed by atoms with Gasteiger partial charge < -0.3 is 18.1 Å². The van der Waals surface area contributed by atoms with Crippen LogP contribution in [0.25, 0.3) is 0 Å². The fraction of sp³-hybridized carbons (Fsp3) is 1.00. The zero-order chi connectivity index (χ0) is 19.5. The third kappa shape index (κ3) is 6.98. The van der Waals surface area contributed by atoms with E-state index in [9.17, 15) is 0 Å². The Kier molecular flexibility index (Phi) is 8.97. The van der Waals surface area contributed by atoms with E-state index in [0.29, 0.717) is 12.1 Å². The number of nitrogens with zero attached hydrogens (tertiary/aromatic N) is 2. The molecular weight excluding hydrogens is 410 g/mol. The van der Waals surface area contributed by atoms with E-state index in [1.165, 1.54) is 0 Å². The van der Waals surface area contributed by atoms with Crippen molar-refractivity contribution in [1.29, 1.82) is 0 Å². The van der Waals surface area contributed by atoms with E-state index in [0.717, 1.165) is 26.4 Å². The van der Waals surface area contributed by atoms with Crippen LogP contribution in [-0.2, 0) is 18.1 Å². The largest absolute Gasteiger partial charge is 0.321 e. The van der Waals surface area contributed by atoms with E-state index in [4.69, 9.17) is 18.1 Å². The number of hydrogen-bond acceptors (Lipinski definition) is 8. The van der Waals surface area contributed by atoms with Crippen LogP contribution in [0.2, 0.25) is 0 Å². The van der Waals surface area contributed by atoms with Crippen LogP contribution in [0, 0.1) is 10.8 Å². The summed E-state index contributed by atoms with van der Waals surface area (Å²) >= 11 is 0. The molecule has 0 unspecified atom stereocenters. The van der Waals surface area contributed by atoms with Crippen molar-refractivity contribution in [2.75, 3.05) is 26.4 Å². The van der Waals surface area contributed by atoms with Gasteiger partial charge in [0, 0.05) is 44.9 Å². The van der Waals surface area contributed by atoms with Crippen LogP contribution in [0.3, 0.4) is 0 Å². The molecule has 154 valence electrons. The van der Waals surface area contributed by atoms with Gasteiger partial charge in [-0.15, -0.1) is 0 Å². The number of rotatable bonds is 7. The molecule has 0 aromatic heterocycles. The van der Waals surface area contributed by atoms with E-state index in [2.05, 4.69) is 63.5 Å². The normalized spacial score (nSPS) is 24.9. The Hall–Kier alpha value is 1.32. The van der Waals surface area contributed by atoms with Crippen LogP contribution in [0.5, 0.6) is 0 Å². The van der Waals surface area contributed by atoms with Crippen molar-refractivity contribution in [3.8, 4) is 0 Å². The zero-order valence-corrected chi connectivity index (χ0v) is 20.6. The molecule has 0 spiro atoms. The highest BCUT2D eigenvalue weighted by molar-refractivity contribution is 8.76. The highest BCUT2D eigenvalue weighted by atomic mass is 33.1. The summed E-state index contributed by atoms with van der Waals surface area (Å²) in [5, 5.41) is 0. The molecule has 2 saturated heterocycles. The van der Waals surface area contributed by atoms with Crippen molar-refractivity contribution in [2.24, 2.45) is 10.8 Å². The SMILES string of the molecule is CC(C)N(SSN(C(C)C)P1OCC(C)(C)CO1)P1OCC(C)(C)CO1. The summed E-state index contributed by atoms with van der Waals surface area (Å²) in [5.74, 6) is 0. The molecule has 0 saturated carbocycles. The monoisotopic (exact) mass is 444 g/mol. The van der Waals surface area contributed by atoms with Crippen LogP contribution in [-0.4, -0.2) is 46.7 Å². The van der Waals surface area contributed by atoms with Gasteiger partial charge in [-0.25, -0.2) is 0 Å². The molecule has 0 bridgehead atoms. The maximum absolute atomic E-state index is 6.04. The van der Waals surface area contributed by atoms with E-state index in [1.54, 1.807) is 22.0 Å². The lowest BCUT2D eigenvalue weighted by Gasteiger charge is -2.41. The predicted molar refractivity (Wildman–Crippen MR) is 114 cm³/mol. The van der Waals surface area contributed by atoms with Crippen molar-refractivity contribution in [1.82, 2.24) is 8.15 Å². The van der Waals surface area contributed by atoms with Crippen LogP contribution < -0.4 is 0 Å². The first-order valence-corrected chi connectivity index (χ1v) is 13.4. The third-order valence-corrected chi connectivity index (χ3v) is 11.0. The third-order valence-electron chi connectivity index (χ3n) is 3.65. The molecule has 0 amide bonds. The molecule has 6 nitrogen and oxygen atoms in total. The molecule has 2 fully saturated rings. The standard InChI is InChI=1S/C16H34N2O4P2S2/c1-13(2)17(23-19-9-15(5,6)10-20-23)25-26-18(14(3)4)24-21-11-16(7,8)12-22-24/h13-14H,9-12H2,1-8H3. The topological polar surface area (TPSA) is 43.4 Å². The Balaban J connectivity index is 1.93. The minimum absolute atomic E-state index is 0.0864. The molecule has 0 N–H and O–H groups in total. The van der Waals surface area contributed by atoms with E-state index >= 15 is 0 Å². The Morgan fingerprint density at radius 2 is 0.923 bits per heavy atom. The maximum Gasteiger partial charge on any atom is 0.270 e. The summed E-state index contributed by atoms with van der Waals surface area (Å²) in [6.07, 6.45) is 0. The van der Waals surface area contributed by atoms with Gasteiger partial charge in [0.25, 0.3) is 17.1 Å². The predicted octanol–water partition coefficient (Wildman–Crippen LogP) is 6.22. The Morgan fingerprint density at radius 1 is 0.654 bits per heavy atom. The average Bonchev–Trinajstić information content (AvgIpc) is 2.52. The Morgan fingerprint density at radius 3 is 1.15 bits per heavy atom. The average molecular weight is 445 g/mol. The molecule has 2 rings (SSSR count). The van der Waals surface area contributed by atoms with Crippen LogP contribution in [0.4, 0.5) is 0 Å². The lowest BCUT2D eigenvalue weighted by Crippen LogP contribution is -2.34. The van der Waals surface area contributed by atoms with Gasteiger partial charge in [-0.1, -0.05) is 27.7 Å². The highest BCUT2D eigenvalue weighted by Crippen LogP contribution is 2.60. The second-order valence-corrected chi connectivity index (χ2v) is 14.2. The molecule has 0 aromatic carbocycles. The molecule has 0 aliphatic carbocycles. The first kappa shape index (κ1) is 23.6. The second kappa shape index (κ2) is 9.88. The Labute approximate surface area is 170 Å². The minimum atomic E-state index is -1.04. The first-order chi connectivity index (χ1) is 12.0. The fourth-order valence-corrected chi connectivity index (χ4v) is 9.62. The highest BCUT2D eigenvalue weighted by Gasteiger charge is 2.38. The fourth-order valence-electron chi connectivity index (χ4n) is 1.98. The molecule has 2 heterocycles. The van der Waals surface area contributed by atoms with Crippen molar-refractivity contribution < 1.29 is 18.1 Å². The van der Waals surface area contributed by atoms with Gasteiger partial charge in [-0.3, -0.25) is 0 Å². The molecule has 0 aromatic rings. The molecule has 2 aliphatic heterocycles. The first-order valence-electron chi connectivity index (χ1n) is 9.06. The summed E-state index contributed by atoms with van der Waals surface area (Å²) in [5.41, 5.74) is 0.173. The van der Waals surface area contributed by atoms with Gasteiger partial charge in [0.2, 0.25) is 0 Å². The van der Waals surface area contributed by atoms with Gasteiger partial charge in [0.05, 0.1) is 26.4 Å². The lowest BCUT2D eigenvalue weighted by atomic mass is 9.97. The zero-order valence-electron chi connectivity index (χ0n) is 17.2. The van der Waals surface area contributed by atoms with Gasteiger partial charge in [-0.05, 0) is 27.7 Å². The summed E-state index contributed by atoms with van der Waals surface area (Å²) in [4.78, 5) is 0. The van der Waals surface area contributed by atoms with Gasteiger partial charge in [0.15, 0.2) is 0 Å². The molecule has 10 heteroatoms. The van der Waals surface area contributed by atoms with Crippen molar-refractivity contribution in [3.63, 3.8) is 0 Å². The quantitative estimate of drug-likeness (QED) is 0.261. The molecule has 26 heavy (non-hydrogen) atoms. The van der Waals surface area contributed by atoms with Crippen molar-refractivity contribution >= 4 is 39.0 Å². The van der Waals surface area contributed by atoms with Crippen LogP contribution >= 0.6 is 39.0 Å².